The maximum atomic E-state index is 12.4. The van der Waals surface area contributed by atoms with Gasteiger partial charge in [-0.2, -0.15) is 8.78 Å². The van der Waals surface area contributed by atoms with Gasteiger partial charge in [0.1, 0.15) is 0 Å². The van der Waals surface area contributed by atoms with Crippen molar-refractivity contribution >= 4 is 15.5 Å². The molecule has 118 valence electrons. The largest absolute Gasteiger partial charge is 0.385 e. The van der Waals surface area contributed by atoms with Gasteiger partial charge >= 0.3 is 5.76 Å². The van der Waals surface area contributed by atoms with E-state index in [0.717, 1.165) is 37.9 Å². The number of halogens is 2. The molecule has 0 bridgehead atoms. The highest BCUT2D eigenvalue weighted by Gasteiger charge is 2.26. The molecule has 0 saturated heterocycles. The lowest BCUT2D eigenvalue weighted by Crippen LogP contribution is -2.30. The number of alkyl halides is 2. The number of hydrogen-bond acceptors (Lipinski definition) is 4. The number of anilines is 1. The van der Waals surface area contributed by atoms with E-state index in [0.29, 0.717) is 5.92 Å². The van der Waals surface area contributed by atoms with E-state index < -0.39 is 15.6 Å². The second kappa shape index (κ2) is 6.70. The van der Waals surface area contributed by atoms with Crippen molar-refractivity contribution in [3.8, 4) is 0 Å². The third kappa shape index (κ3) is 4.14. The van der Waals surface area contributed by atoms with E-state index in [-0.39, 0.29) is 10.9 Å². The average Bonchev–Trinajstić information content (AvgIpc) is 2.45. The molecule has 4 nitrogen and oxygen atoms in total. The van der Waals surface area contributed by atoms with Crippen LogP contribution in [0.15, 0.2) is 29.2 Å². The van der Waals surface area contributed by atoms with Crippen LogP contribution in [0, 0.1) is 5.92 Å². The van der Waals surface area contributed by atoms with Gasteiger partial charge in [0, 0.05) is 18.3 Å². The van der Waals surface area contributed by atoms with Crippen molar-refractivity contribution < 1.29 is 17.2 Å². The SMILES string of the molecule is NC1CCCC(CNc2ccc(S(=O)(=O)C(F)F)cc2)C1. The molecule has 7 heteroatoms. The Morgan fingerprint density at radius 2 is 1.90 bits per heavy atom. The molecule has 1 aliphatic carbocycles. The van der Waals surface area contributed by atoms with Gasteiger partial charge in [0.25, 0.3) is 0 Å². The molecule has 1 aromatic rings. The standard InChI is InChI=1S/C14H20F2N2O2S/c15-14(16)21(19,20)13-6-4-12(5-7-13)18-9-10-2-1-3-11(17)8-10/h4-7,10-11,14,18H,1-3,8-9,17H2. The van der Waals surface area contributed by atoms with Crippen molar-refractivity contribution in [1.29, 1.82) is 0 Å². The van der Waals surface area contributed by atoms with Crippen molar-refractivity contribution in [2.75, 3.05) is 11.9 Å². The highest BCUT2D eigenvalue weighted by molar-refractivity contribution is 7.91. The van der Waals surface area contributed by atoms with Gasteiger partial charge in [0.2, 0.25) is 9.84 Å². The Morgan fingerprint density at radius 3 is 2.48 bits per heavy atom. The van der Waals surface area contributed by atoms with Crippen LogP contribution in [0.5, 0.6) is 0 Å². The molecular formula is C14H20F2N2O2S. The van der Waals surface area contributed by atoms with Gasteiger partial charge in [-0.05, 0) is 49.4 Å². The zero-order valence-corrected chi connectivity index (χ0v) is 12.5. The van der Waals surface area contributed by atoms with Gasteiger partial charge in [-0.3, -0.25) is 0 Å². The highest BCUT2D eigenvalue weighted by Crippen LogP contribution is 2.24. The van der Waals surface area contributed by atoms with E-state index in [9.17, 15) is 17.2 Å². The zero-order chi connectivity index (χ0) is 15.5. The average molecular weight is 318 g/mol. The lowest BCUT2D eigenvalue weighted by molar-refractivity contribution is 0.234. The van der Waals surface area contributed by atoms with Gasteiger partial charge in [0.05, 0.1) is 4.90 Å². The summed E-state index contributed by atoms with van der Waals surface area (Å²) in [4.78, 5) is -0.359. The Bertz CT molecular complexity index is 561. The molecule has 2 atom stereocenters. The summed E-state index contributed by atoms with van der Waals surface area (Å²) >= 11 is 0. The van der Waals surface area contributed by atoms with Gasteiger partial charge in [-0.1, -0.05) is 6.42 Å². The fourth-order valence-electron chi connectivity index (χ4n) is 2.65. The van der Waals surface area contributed by atoms with Crippen molar-refractivity contribution in [1.82, 2.24) is 0 Å². The van der Waals surface area contributed by atoms with Gasteiger partial charge in [0.15, 0.2) is 0 Å². The Hall–Kier alpha value is -1.21. The molecular weight excluding hydrogens is 298 g/mol. The molecule has 1 aliphatic rings. The van der Waals surface area contributed by atoms with Crippen LogP contribution in [0.3, 0.4) is 0 Å². The molecule has 0 aromatic heterocycles. The van der Waals surface area contributed by atoms with E-state index >= 15 is 0 Å². The zero-order valence-electron chi connectivity index (χ0n) is 11.6. The van der Waals surface area contributed by atoms with Gasteiger partial charge in [-0.15, -0.1) is 0 Å². The summed E-state index contributed by atoms with van der Waals surface area (Å²) in [7, 11) is -4.51. The molecule has 21 heavy (non-hydrogen) atoms. The Labute approximate surface area is 123 Å². The third-order valence-electron chi connectivity index (χ3n) is 3.84. The minimum atomic E-state index is -4.51. The van der Waals surface area contributed by atoms with Crippen LogP contribution in [-0.2, 0) is 9.84 Å². The van der Waals surface area contributed by atoms with E-state index in [4.69, 9.17) is 5.73 Å². The minimum Gasteiger partial charge on any atom is -0.385 e. The van der Waals surface area contributed by atoms with E-state index in [1.165, 1.54) is 24.3 Å². The van der Waals surface area contributed by atoms with E-state index in [1.54, 1.807) is 0 Å². The van der Waals surface area contributed by atoms with Crippen LogP contribution in [0.25, 0.3) is 0 Å². The van der Waals surface area contributed by atoms with E-state index in [2.05, 4.69) is 5.32 Å². The molecule has 0 radical (unpaired) electrons. The first-order chi connectivity index (χ1) is 9.89. The quantitative estimate of drug-likeness (QED) is 0.875. The summed E-state index contributed by atoms with van der Waals surface area (Å²) in [6.07, 6.45) is 4.29. The number of nitrogens with one attached hydrogen (secondary N) is 1. The maximum absolute atomic E-state index is 12.4. The first kappa shape index (κ1) is 16.2. The van der Waals surface area contributed by atoms with Crippen LogP contribution in [-0.4, -0.2) is 26.8 Å². The Morgan fingerprint density at radius 1 is 1.24 bits per heavy atom. The topological polar surface area (TPSA) is 72.2 Å². The predicted octanol–water partition coefficient (Wildman–Crippen LogP) is 2.61. The smallest absolute Gasteiger partial charge is 0.341 e. The second-order valence-electron chi connectivity index (χ2n) is 5.50. The fraction of sp³-hybridized carbons (Fsp3) is 0.571. The van der Waals surface area contributed by atoms with Crippen molar-refractivity contribution in [3.05, 3.63) is 24.3 Å². The molecule has 3 N–H and O–H groups in total. The number of hydrogen-bond donors (Lipinski definition) is 2. The molecule has 2 unspecified atom stereocenters. The predicted molar refractivity (Wildman–Crippen MR) is 78.1 cm³/mol. The molecule has 1 fully saturated rings. The summed E-state index contributed by atoms with van der Waals surface area (Å²) in [5.74, 6) is -2.89. The van der Waals surface area contributed by atoms with Crippen molar-refractivity contribution in [3.63, 3.8) is 0 Å². The number of nitrogens with two attached hydrogens (primary N) is 1. The maximum Gasteiger partial charge on any atom is 0.341 e. The van der Waals surface area contributed by atoms with Crippen molar-refractivity contribution in [2.24, 2.45) is 11.7 Å². The Balaban J connectivity index is 1.94. The molecule has 1 aromatic carbocycles. The van der Waals surface area contributed by atoms with Crippen molar-refractivity contribution in [2.45, 2.75) is 42.4 Å². The number of benzene rings is 1. The summed E-state index contributed by atoms with van der Waals surface area (Å²) in [5.41, 5.74) is 6.65. The third-order valence-corrected chi connectivity index (χ3v) is 5.23. The molecule has 2 rings (SSSR count). The second-order valence-corrected chi connectivity index (χ2v) is 7.42. The first-order valence-corrected chi connectivity index (χ1v) is 8.56. The number of sulfone groups is 1. The highest BCUT2D eigenvalue weighted by atomic mass is 32.2. The molecule has 0 aliphatic heterocycles. The van der Waals surface area contributed by atoms with Crippen LogP contribution in [0.1, 0.15) is 25.7 Å². The van der Waals surface area contributed by atoms with Gasteiger partial charge < -0.3 is 11.1 Å². The summed E-state index contributed by atoms with van der Waals surface area (Å²) in [5, 5.41) is 3.20. The lowest BCUT2D eigenvalue weighted by atomic mass is 9.86. The molecule has 0 heterocycles. The van der Waals surface area contributed by atoms with Gasteiger partial charge in [-0.25, -0.2) is 8.42 Å². The summed E-state index contributed by atoms with van der Waals surface area (Å²) < 4.78 is 47.4. The minimum absolute atomic E-state index is 0.254. The fourth-order valence-corrected chi connectivity index (χ4v) is 3.37. The summed E-state index contributed by atoms with van der Waals surface area (Å²) in [6.45, 7) is 0.759. The lowest BCUT2D eigenvalue weighted by Gasteiger charge is -2.27. The number of rotatable bonds is 5. The van der Waals surface area contributed by atoms with Crippen LogP contribution in [0.2, 0.25) is 0 Å². The Kier molecular flexibility index (Phi) is 5.16. The molecule has 0 amide bonds. The summed E-state index contributed by atoms with van der Waals surface area (Å²) in [6, 6.07) is 5.69. The van der Waals surface area contributed by atoms with Crippen LogP contribution in [0.4, 0.5) is 14.5 Å². The van der Waals surface area contributed by atoms with Crippen LogP contribution < -0.4 is 11.1 Å². The normalized spacial score (nSPS) is 23.2. The van der Waals surface area contributed by atoms with E-state index in [1.807, 2.05) is 0 Å². The monoisotopic (exact) mass is 318 g/mol. The molecule has 1 saturated carbocycles. The molecule has 0 spiro atoms. The first-order valence-electron chi connectivity index (χ1n) is 7.01. The van der Waals surface area contributed by atoms with Crippen LogP contribution >= 0.6 is 0 Å².